The van der Waals surface area contributed by atoms with E-state index in [-0.39, 0.29) is 5.91 Å². The van der Waals surface area contributed by atoms with E-state index in [2.05, 4.69) is 28.4 Å². The SMILES string of the molecule is CN(CCCCCc1cc(-c2ccccc2)n[nH]1)C(=O)c1cccc(N)c1. The molecule has 0 fully saturated rings. The fourth-order valence-corrected chi connectivity index (χ4v) is 3.08. The molecule has 0 aliphatic heterocycles. The van der Waals surface area contributed by atoms with Crippen LogP contribution in [0.3, 0.4) is 0 Å². The zero-order valence-corrected chi connectivity index (χ0v) is 15.7. The average Bonchev–Trinajstić information content (AvgIpc) is 3.16. The van der Waals surface area contributed by atoms with Crippen molar-refractivity contribution in [3.8, 4) is 11.3 Å². The number of nitrogens with one attached hydrogen (secondary N) is 1. The summed E-state index contributed by atoms with van der Waals surface area (Å²) in [5.74, 6) is 0.0170. The molecule has 1 aromatic heterocycles. The average molecular weight is 362 g/mol. The molecule has 5 heteroatoms. The van der Waals surface area contributed by atoms with Crippen LogP contribution >= 0.6 is 0 Å². The topological polar surface area (TPSA) is 75.0 Å². The molecule has 0 spiro atoms. The lowest BCUT2D eigenvalue weighted by Crippen LogP contribution is -2.27. The van der Waals surface area contributed by atoms with Gasteiger partial charge in [0.15, 0.2) is 0 Å². The van der Waals surface area contributed by atoms with Crippen LogP contribution in [0.15, 0.2) is 60.7 Å². The Labute approximate surface area is 160 Å². The van der Waals surface area contributed by atoms with Crippen LogP contribution in [-0.4, -0.2) is 34.6 Å². The van der Waals surface area contributed by atoms with Gasteiger partial charge in [-0.2, -0.15) is 5.10 Å². The van der Waals surface area contributed by atoms with Crippen molar-refractivity contribution in [3.63, 3.8) is 0 Å². The number of aryl methyl sites for hydroxylation is 1. The van der Waals surface area contributed by atoms with Crippen molar-refractivity contribution in [1.82, 2.24) is 15.1 Å². The standard InChI is InChI=1S/C22H26N4O/c1-26(22(27)18-11-8-12-19(23)15-18)14-7-3-6-13-20-16-21(25-24-20)17-9-4-2-5-10-17/h2,4-5,8-12,15-16H,3,6-7,13-14,23H2,1H3,(H,24,25). The minimum absolute atomic E-state index is 0.0170. The van der Waals surface area contributed by atoms with E-state index in [1.54, 1.807) is 23.1 Å². The van der Waals surface area contributed by atoms with Gasteiger partial charge in [0.1, 0.15) is 0 Å². The summed E-state index contributed by atoms with van der Waals surface area (Å²) >= 11 is 0. The maximum Gasteiger partial charge on any atom is 0.253 e. The molecule has 140 valence electrons. The summed E-state index contributed by atoms with van der Waals surface area (Å²) < 4.78 is 0. The lowest BCUT2D eigenvalue weighted by atomic mass is 10.1. The van der Waals surface area contributed by atoms with Crippen molar-refractivity contribution in [2.75, 3.05) is 19.3 Å². The summed E-state index contributed by atoms with van der Waals surface area (Å²) in [5.41, 5.74) is 10.3. The van der Waals surface area contributed by atoms with E-state index in [0.29, 0.717) is 11.3 Å². The van der Waals surface area contributed by atoms with Crippen LogP contribution in [0, 0.1) is 0 Å². The number of anilines is 1. The van der Waals surface area contributed by atoms with Crippen LogP contribution in [-0.2, 0) is 6.42 Å². The summed E-state index contributed by atoms with van der Waals surface area (Å²) in [4.78, 5) is 14.1. The fraction of sp³-hybridized carbons (Fsp3) is 0.273. The van der Waals surface area contributed by atoms with E-state index in [9.17, 15) is 4.79 Å². The Bertz CT molecular complexity index is 873. The molecule has 0 aliphatic rings. The first-order valence-corrected chi connectivity index (χ1v) is 9.34. The highest BCUT2D eigenvalue weighted by molar-refractivity contribution is 5.94. The molecule has 0 saturated carbocycles. The molecule has 1 heterocycles. The minimum Gasteiger partial charge on any atom is -0.399 e. The quantitative estimate of drug-likeness (QED) is 0.467. The number of carbonyl (C=O) groups excluding carboxylic acids is 1. The molecular weight excluding hydrogens is 336 g/mol. The lowest BCUT2D eigenvalue weighted by molar-refractivity contribution is 0.0792. The molecule has 0 unspecified atom stereocenters. The van der Waals surface area contributed by atoms with Crippen molar-refractivity contribution in [2.45, 2.75) is 25.7 Å². The number of nitrogen functional groups attached to an aromatic ring is 1. The number of H-pyrrole nitrogens is 1. The van der Waals surface area contributed by atoms with E-state index in [4.69, 9.17) is 5.73 Å². The second-order valence-corrected chi connectivity index (χ2v) is 6.81. The van der Waals surface area contributed by atoms with Gasteiger partial charge in [-0.15, -0.1) is 0 Å². The number of unbranched alkanes of at least 4 members (excludes halogenated alkanes) is 2. The van der Waals surface area contributed by atoms with E-state index in [1.807, 2.05) is 31.3 Å². The van der Waals surface area contributed by atoms with Crippen LogP contribution in [0.25, 0.3) is 11.3 Å². The van der Waals surface area contributed by atoms with Gasteiger partial charge in [0, 0.05) is 36.1 Å². The second-order valence-electron chi connectivity index (χ2n) is 6.81. The Morgan fingerprint density at radius 1 is 1.04 bits per heavy atom. The second kappa shape index (κ2) is 9.03. The van der Waals surface area contributed by atoms with Crippen molar-refractivity contribution in [3.05, 3.63) is 71.9 Å². The number of nitrogens with two attached hydrogens (primary N) is 1. The van der Waals surface area contributed by atoms with Crippen molar-refractivity contribution in [1.29, 1.82) is 0 Å². The number of carbonyl (C=O) groups is 1. The molecule has 0 radical (unpaired) electrons. The Morgan fingerprint density at radius 3 is 2.63 bits per heavy atom. The molecule has 0 saturated heterocycles. The normalized spacial score (nSPS) is 10.7. The Hall–Kier alpha value is -3.08. The summed E-state index contributed by atoms with van der Waals surface area (Å²) in [5, 5.41) is 7.51. The van der Waals surface area contributed by atoms with Crippen LogP contribution < -0.4 is 5.73 Å². The van der Waals surface area contributed by atoms with Crippen molar-refractivity contribution < 1.29 is 4.79 Å². The van der Waals surface area contributed by atoms with Crippen molar-refractivity contribution >= 4 is 11.6 Å². The zero-order valence-electron chi connectivity index (χ0n) is 15.7. The minimum atomic E-state index is 0.0170. The van der Waals surface area contributed by atoms with Crippen LogP contribution in [0.1, 0.15) is 35.3 Å². The third-order valence-corrected chi connectivity index (χ3v) is 4.62. The smallest absolute Gasteiger partial charge is 0.253 e. The molecule has 27 heavy (non-hydrogen) atoms. The van der Waals surface area contributed by atoms with E-state index >= 15 is 0 Å². The third-order valence-electron chi connectivity index (χ3n) is 4.62. The molecule has 3 aromatic rings. The summed E-state index contributed by atoms with van der Waals surface area (Å²) in [6, 6.07) is 19.4. The molecule has 3 N–H and O–H groups in total. The predicted molar refractivity (Wildman–Crippen MR) is 109 cm³/mol. The highest BCUT2D eigenvalue weighted by Crippen LogP contribution is 2.18. The first kappa shape index (κ1) is 18.7. The molecule has 0 aliphatic carbocycles. The van der Waals surface area contributed by atoms with E-state index in [0.717, 1.165) is 49.2 Å². The third kappa shape index (κ3) is 5.20. The number of aromatic nitrogens is 2. The van der Waals surface area contributed by atoms with Crippen LogP contribution in [0.5, 0.6) is 0 Å². The summed E-state index contributed by atoms with van der Waals surface area (Å²) in [6.07, 6.45) is 4.07. The molecular formula is C22H26N4O. The van der Waals surface area contributed by atoms with E-state index < -0.39 is 0 Å². The number of aromatic amines is 1. The van der Waals surface area contributed by atoms with Gasteiger partial charge >= 0.3 is 0 Å². The van der Waals surface area contributed by atoms with Gasteiger partial charge in [0.25, 0.3) is 5.91 Å². The molecule has 1 amide bonds. The highest BCUT2D eigenvalue weighted by Gasteiger charge is 2.11. The van der Waals surface area contributed by atoms with E-state index in [1.165, 1.54) is 0 Å². The summed E-state index contributed by atoms with van der Waals surface area (Å²) in [6.45, 7) is 0.742. The maximum absolute atomic E-state index is 12.4. The molecule has 5 nitrogen and oxygen atoms in total. The first-order chi connectivity index (χ1) is 13.1. The first-order valence-electron chi connectivity index (χ1n) is 9.34. The number of hydrogen-bond acceptors (Lipinski definition) is 3. The van der Waals surface area contributed by atoms with Crippen molar-refractivity contribution in [2.24, 2.45) is 0 Å². The zero-order chi connectivity index (χ0) is 19.1. The van der Waals surface area contributed by atoms with Gasteiger partial charge in [-0.05, 0) is 43.5 Å². The van der Waals surface area contributed by atoms with Gasteiger partial charge in [-0.25, -0.2) is 0 Å². The monoisotopic (exact) mass is 362 g/mol. The Kier molecular flexibility index (Phi) is 6.26. The molecule has 0 bridgehead atoms. The summed E-state index contributed by atoms with van der Waals surface area (Å²) in [7, 11) is 1.84. The van der Waals surface area contributed by atoms with Gasteiger partial charge in [-0.3, -0.25) is 9.89 Å². The number of benzene rings is 2. The number of amides is 1. The molecule has 2 aromatic carbocycles. The van der Waals surface area contributed by atoms with Crippen LogP contribution in [0.4, 0.5) is 5.69 Å². The lowest BCUT2D eigenvalue weighted by Gasteiger charge is -2.17. The fourth-order valence-electron chi connectivity index (χ4n) is 3.08. The van der Waals surface area contributed by atoms with Gasteiger partial charge in [-0.1, -0.05) is 42.8 Å². The molecule has 0 atom stereocenters. The predicted octanol–water partition coefficient (Wildman–Crippen LogP) is 4.14. The highest BCUT2D eigenvalue weighted by atomic mass is 16.2. The Morgan fingerprint density at radius 2 is 1.85 bits per heavy atom. The molecule has 3 rings (SSSR count). The maximum atomic E-state index is 12.4. The number of hydrogen-bond donors (Lipinski definition) is 2. The van der Waals surface area contributed by atoms with Crippen LogP contribution in [0.2, 0.25) is 0 Å². The van der Waals surface area contributed by atoms with Gasteiger partial charge < -0.3 is 10.6 Å². The number of rotatable bonds is 8. The van der Waals surface area contributed by atoms with Gasteiger partial charge in [0.2, 0.25) is 0 Å². The van der Waals surface area contributed by atoms with Gasteiger partial charge in [0.05, 0.1) is 5.69 Å². The largest absolute Gasteiger partial charge is 0.399 e. The Balaban J connectivity index is 1.39. The number of nitrogens with zero attached hydrogens (tertiary/aromatic N) is 2.